The van der Waals surface area contributed by atoms with E-state index in [4.69, 9.17) is 0 Å². The second-order valence-electron chi connectivity index (χ2n) is 4.36. The summed E-state index contributed by atoms with van der Waals surface area (Å²) in [6.45, 7) is 0. The van der Waals surface area contributed by atoms with Crippen LogP contribution in [-0.4, -0.2) is 76.5 Å². The zero-order valence-electron chi connectivity index (χ0n) is 9.18. The molecule has 2 aliphatic heterocycles. The normalized spacial score (nSPS) is 25.6. The number of hydrogen-bond donors (Lipinski definition) is 0. The standard InChI is InChI=1S/C12H12S2Se3/c15-10(2-8-4-13-8)7-1-12(17-6-7)11(16)3-9-5-14-9/h1,6,8-9H,2-5H2. The molecule has 0 saturated carbocycles. The molecule has 2 fully saturated rings. The summed E-state index contributed by atoms with van der Waals surface area (Å²) < 4.78 is 4.57. The van der Waals surface area contributed by atoms with Crippen molar-refractivity contribution in [3.05, 3.63) is 21.0 Å². The summed E-state index contributed by atoms with van der Waals surface area (Å²) in [5.41, 5.74) is 1.48. The summed E-state index contributed by atoms with van der Waals surface area (Å²) in [6.07, 6.45) is 2.51. The molecule has 17 heavy (non-hydrogen) atoms. The van der Waals surface area contributed by atoms with E-state index < -0.39 is 0 Å². The molecule has 0 spiro atoms. The summed E-state index contributed by atoms with van der Waals surface area (Å²) >= 11 is 11.3. The van der Waals surface area contributed by atoms with Crippen LogP contribution in [0.1, 0.15) is 22.8 Å². The van der Waals surface area contributed by atoms with Crippen molar-refractivity contribution < 1.29 is 0 Å². The van der Waals surface area contributed by atoms with Crippen LogP contribution in [0.2, 0.25) is 0 Å². The van der Waals surface area contributed by atoms with Gasteiger partial charge in [0.25, 0.3) is 0 Å². The van der Waals surface area contributed by atoms with Gasteiger partial charge in [0.05, 0.1) is 0 Å². The molecule has 1 aromatic rings. The molecule has 2 aliphatic rings. The summed E-state index contributed by atoms with van der Waals surface area (Å²) in [5.74, 6) is 2.72. The van der Waals surface area contributed by atoms with E-state index in [0.29, 0.717) is 14.5 Å². The zero-order valence-corrected chi connectivity index (χ0v) is 16.0. The second-order valence-corrected chi connectivity index (χ2v) is 11.0. The van der Waals surface area contributed by atoms with Gasteiger partial charge in [-0.2, -0.15) is 0 Å². The molecular formula is C12H12S2Se3. The summed E-state index contributed by atoms with van der Waals surface area (Å²) in [6, 6.07) is 2.41. The molecule has 2 saturated heterocycles. The Kier molecular flexibility index (Phi) is 4.63. The molecule has 0 N–H and O–H groups in total. The van der Waals surface area contributed by atoms with Crippen LogP contribution >= 0.6 is 23.5 Å². The predicted molar refractivity (Wildman–Crippen MR) is 84.8 cm³/mol. The fraction of sp³-hybridized carbons (Fsp3) is 0.500. The molecule has 0 aromatic carbocycles. The molecule has 0 aliphatic carbocycles. The van der Waals surface area contributed by atoms with E-state index in [1.807, 2.05) is 0 Å². The Morgan fingerprint density at radius 2 is 1.76 bits per heavy atom. The number of rotatable bonds is 6. The third-order valence-corrected chi connectivity index (χ3v) is 9.16. The van der Waals surface area contributed by atoms with E-state index >= 15 is 0 Å². The van der Waals surface area contributed by atoms with E-state index in [1.165, 1.54) is 38.7 Å². The van der Waals surface area contributed by atoms with Crippen molar-refractivity contribution in [3.8, 4) is 0 Å². The van der Waals surface area contributed by atoms with Gasteiger partial charge in [0.1, 0.15) is 0 Å². The van der Waals surface area contributed by atoms with Gasteiger partial charge in [-0.1, -0.05) is 0 Å². The number of thioether (sulfide) groups is 2. The topological polar surface area (TPSA) is 0 Å². The van der Waals surface area contributed by atoms with Gasteiger partial charge in [-0.25, -0.2) is 0 Å². The Morgan fingerprint density at radius 3 is 2.35 bits per heavy atom. The molecule has 90 valence electrons. The first-order chi connectivity index (χ1) is 8.22. The van der Waals surface area contributed by atoms with Crippen molar-refractivity contribution in [1.82, 2.24) is 0 Å². The van der Waals surface area contributed by atoms with Crippen LogP contribution < -0.4 is 0 Å². The van der Waals surface area contributed by atoms with Gasteiger partial charge in [-0.15, -0.1) is 0 Å². The Balaban J connectivity index is 1.63. The minimum atomic E-state index is 0.557. The molecule has 3 heterocycles. The van der Waals surface area contributed by atoms with E-state index in [2.05, 4.69) is 65.7 Å². The van der Waals surface area contributed by atoms with Crippen LogP contribution in [0.3, 0.4) is 0 Å². The first kappa shape index (κ1) is 13.5. The molecule has 2 unspecified atom stereocenters. The average molecular weight is 457 g/mol. The van der Waals surface area contributed by atoms with E-state index in [-0.39, 0.29) is 0 Å². The van der Waals surface area contributed by atoms with Gasteiger partial charge in [0.15, 0.2) is 0 Å². The minimum absolute atomic E-state index is 0.557. The SMILES string of the molecule is [Se]=C(CC1CS1)c1c[se]c(C(=[Se])CC2CS2)c1. The predicted octanol–water partition coefficient (Wildman–Crippen LogP) is 1.13. The third-order valence-electron chi connectivity index (χ3n) is 2.83. The van der Waals surface area contributed by atoms with Crippen molar-refractivity contribution in [1.29, 1.82) is 0 Å². The molecule has 2 atom stereocenters. The maximum atomic E-state index is 3.30. The van der Waals surface area contributed by atoms with Crippen LogP contribution in [0.4, 0.5) is 0 Å². The van der Waals surface area contributed by atoms with Crippen LogP contribution in [0.5, 0.6) is 0 Å². The van der Waals surface area contributed by atoms with Gasteiger partial charge in [-0.3, -0.25) is 0 Å². The average Bonchev–Trinajstić information content (AvgIpc) is 3.22. The Bertz CT molecular complexity index is 418. The van der Waals surface area contributed by atoms with Crippen molar-refractivity contribution in [2.75, 3.05) is 11.5 Å². The molecule has 3 rings (SSSR count). The van der Waals surface area contributed by atoms with E-state index in [1.54, 1.807) is 4.44 Å². The summed E-state index contributed by atoms with van der Waals surface area (Å²) in [4.78, 5) is 2.44. The Labute approximate surface area is 133 Å². The van der Waals surface area contributed by atoms with Crippen LogP contribution in [-0.2, 0) is 0 Å². The van der Waals surface area contributed by atoms with Crippen molar-refractivity contribution in [3.63, 3.8) is 0 Å². The fourth-order valence-corrected chi connectivity index (χ4v) is 7.14. The summed E-state index contributed by atoms with van der Waals surface area (Å²) in [5, 5.41) is 1.81. The molecule has 5 heteroatoms. The number of hydrogen-bond acceptors (Lipinski definition) is 2. The molecule has 0 nitrogen and oxygen atoms in total. The molecule has 1 aromatic heterocycles. The third kappa shape index (κ3) is 3.97. The Hall–Kier alpha value is 1.48. The molecular weight excluding hydrogens is 445 g/mol. The van der Waals surface area contributed by atoms with Gasteiger partial charge < -0.3 is 0 Å². The molecule has 0 radical (unpaired) electrons. The maximum absolute atomic E-state index is 3.30. The van der Waals surface area contributed by atoms with Gasteiger partial charge >= 0.3 is 134 Å². The molecule has 0 bridgehead atoms. The van der Waals surface area contributed by atoms with Crippen LogP contribution in [0.25, 0.3) is 0 Å². The van der Waals surface area contributed by atoms with Gasteiger partial charge in [0.2, 0.25) is 0 Å². The first-order valence-corrected chi connectivity index (χ1v) is 11.3. The van der Waals surface area contributed by atoms with Crippen LogP contribution in [0, 0.1) is 0 Å². The van der Waals surface area contributed by atoms with Gasteiger partial charge in [0, 0.05) is 0 Å². The van der Waals surface area contributed by atoms with E-state index in [9.17, 15) is 0 Å². The molecule has 0 amide bonds. The monoisotopic (exact) mass is 460 g/mol. The van der Waals surface area contributed by atoms with Crippen LogP contribution in [0.15, 0.2) is 11.0 Å². The fourth-order valence-electron chi connectivity index (χ4n) is 1.63. The zero-order chi connectivity index (χ0) is 11.8. The van der Waals surface area contributed by atoms with Crippen molar-refractivity contribution in [2.24, 2.45) is 0 Å². The van der Waals surface area contributed by atoms with E-state index in [0.717, 1.165) is 10.5 Å². The summed E-state index contributed by atoms with van der Waals surface area (Å²) in [7, 11) is 0. The second kappa shape index (κ2) is 5.85. The van der Waals surface area contributed by atoms with Crippen molar-refractivity contribution >= 4 is 78.0 Å². The van der Waals surface area contributed by atoms with Gasteiger partial charge in [-0.05, 0) is 0 Å². The quantitative estimate of drug-likeness (QED) is 0.465. The van der Waals surface area contributed by atoms with Crippen molar-refractivity contribution in [2.45, 2.75) is 23.3 Å². The first-order valence-electron chi connectivity index (χ1n) is 5.60. The Morgan fingerprint density at radius 1 is 1.18 bits per heavy atom.